The Bertz CT molecular complexity index is 310. The molecule has 0 saturated carbocycles. The van der Waals surface area contributed by atoms with Crippen LogP contribution in [0, 0.1) is 6.92 Å². The van der Waals surface area contributed by atoms with Gasteiger partial charge in [0.15, 0.2) is 0 Å². The lowest BCUT2D eigenvalue weighted by Gasteiger charge is -2.14. The molecule has 0 aliphatic heterocycles. The van der Waals surface area contributed by atoms with Crippen molar-refractivity contribution >= 4 is 11.4 Å². The fourth-order valence-corrected chi connectivity index (χ4v) is 1.56. The molecule has 14 heavy (non-hydrogen) atoms. The SMILES string of the molecule is CCNc1ccc(N)c(C)c1CCO. The number of hydrogen-bond donors (Lipinski definition) is 3. The van der Waals surface area contributed by atoms with Crippen LogP contribution >= 0.6 is 0 Å². The zero-order valence-corrected chi connectivity index (χ0v) is 8.80. The predicted molar refractivity (Wildman–Crippen MR) is 60.5 cm³/mol. The Hall–Kier alpha value is -1.22. The fourth-order valence-electron chi connectivity index (χ4n) is 1.56. The van der Waals surface area contributed by atoms with E-state index in [1.54, 1.807) is 0 Å². The number of nitrogens with one attached hydrogen (secondary N) is 1. The standard InChI is InChI=1S/C11H18N2O/c1-3-13-11-5-4-10(12)8(2)9(11)6-7-14/h4-5,13-14H,3,6-7,12H2,1-2H3. The summed E-state index contributed by atoms with van der Waals surface area (Å²) in [5.74, 6) is 0. The topological polar surface area (TPSA) is 58.3 Å². The molecule has 3 nitrogen and oxygen atoms in total. The van der Waals surface area contributed by atoms with Crippen molar-refractivity contribution in [2.45, 2.75) is 20.3 Å². The average molecular weight is 194 g/mol. The van der Waals surface area contributed by atoms with Gasteiger partial charge in [0.1, 0.15) is 0 Å². The Labute approximate surface area is 84.9 Å². The highest BCUT2D eigenvalue weighted by Crippen LogP contribution is 2.24. The van der Waals surface area contributed by atoms with Gasteiger partial charge in [0.2, 0.25) is 0 Å². The van der Waals surface area contributed by atoms with Gasteiger partial charge in [-0.15, -0.1) is 0 Å². The molecule has 0 heterocycles. The molecule has 78 valence electrons. The van der Waals surface area contributed by atoms with Crippen molar-refractivity contribution in [1.29, 1.82) is 0 Å². The second kappa shape index (κ2) is 4.86. The first kappa shape index (κ1) is 10.9. The Morgan fingerprint density at radius 3 is 2.71 bits per heavy atom. The van der Waals surface area contributed by atoms with Gasteiger partial charge in [-0.3, -0.25) is 0 Å². The summed E-state index contributed by atoms with van der Waals surface area (Å²) in [5.41, 5.74) is 9.86. The van der Waals surface area contributed by atoms with Crippen molar-refractivity contribution in [2.75, 3.05) is 24.2 Å². The number of aliphatic hydroxyl groups is 1. The molecule has 1 rings (SSSR count). The minimum absolute atomic E-state index is 0.155. The highest BCUT2D eigenvalue weighted by molar-refractivity contribution is 5.63. The van der Waals surface area contributed by atoms with Gasteiger partial charge in [-0.25, -0.2) is 0 Å². The molecule has 0 unspecified atom stereocenters. The minimum atomic E-state index is 0.155. The number of hydrogen-bond acceptors (Lipinski definition) is 3. The van der Waals surface area contributed by atoms with Crippen LogP contribution in [0.25, 0.3) is 0 Å². The molecule has 3 heteroatoms. The number of rotatable bonds is 4. The van der Waals surface area contributed by atoms with Crippen molar-refractivity contribution in [1.82, 2.24) is 0 Å². The van der Waals surface area contributed by atoms with Crippen molar-refractivity contribution in [2.24, 2.45) is 0 Å². The van der Waals surface area contributed by atoms with E-state index < -0.39 is 0 Å². The third-order valence-corrected chi connectivity index (χ3v) is 2.37. The molecule has 0 fully saturated rings. The smallest absolute Gasteiger partial charge is 0.0472 e. The first-order valence-electron chi connectivity index (χ1n) is 4.93. The monoisotopic (exact) mass is 194 g/mol. The minimum Gasteiger partial charge on any atom is -0.399 e. The summed E-state index contributed by atoms with van der Waals surface area (Å²) in [4.78, 5) is 0. The van der Waals surface area contributed by atoms with E-state index in [1.807, 2.05) is 19.1 Å². The van der Waals surface area contributed by atoms with Gasteiger partial charge in [0.25, 0.3) is 0 Å². The Kier molecular flexibility index (Phi) is 3.77. The number of nitrogen functional groups attached to an aromatic ring is 1. The molecule has 4 N–H and O–H groups in total. The van der Waals surface area contributed by atoms with Crippen LogP contribution in [0.3, 0.4) is 0 Å². The van der Waals surface area contributed by atoms with E-state index in [1.165, 1.54) is 0 Å². The average Bonchev–Trinajstić information content (AvgIpc) is 2.18. The van der Waals surface area contributed by atoms with Gasteiger partial charge in [-0.05, 0) is 43.5 Å². The van der Waals surface area contributed by atoms with Crippen LogP contribution in [0.5, 0.6) is 0 Å². The number of benzene rings is 1. The van der Waals surface area contributed by atoms with Gasteiger partial charge >= 0.3 is 0 Å². The highest BCUT2D eigenvalue weighted by atomic mass is 16.2. The quantitative estimate of drug-likeness (QED) is 0.637. The van der Waals surface area contributed by atoms with E-state index >= 15 is 0 Å². The maximum absolute atomic E-state index is 8.96. The third-order valence-electron chi connectivity index (χ3n) is 2.37. The van der Waals surface area contributed by atoms with E-state index in [2.05, 4.69) is 12.2 Å². The molecule has 0 aliphatic carbocycles. The second-order valence-electron chi connectivity index (χ2n) is 3.31. The molecule has 0 aliphatic rings. The zero-order valence-electron chi connectivity index (χ0n) is 8.80. The van der Waals surface area contributed by atoms with Crippen LogP contribution in [-0.4, -0.2) is 18.3 Å². The van der Waals surface area contributed by atoms with E-state index in [-0.39, 0.29) is 6.61 Å². The molecule has 0 amide bonds. The highest BCUT2D eigenvalue weighted by Gasteiger charge is 2.06. The van der Waals surface area contributed by atoms with Crippen LogP contribution in [0.15, 0.2) is 12.1 Å². The van der Waals surface area contributed by atoms with Crippen molar-refractivity contribution < 1.29 is 5.11 Å². The number of aliphatic hydroxyl groups excluding tert-OH is 1. The molecule has 0 spiro atoms. The summed E-state index contributed by atoms with van der Waals surface area (Å²) in [6.07, 6.45) is 0.652. The zero-order chi connectivity index (χ0) is 10.6. The largest absolute Gasteiger partial charge is 0.399 e. The molecule has 1 aromatic rings. The molecule has 1 aromatic carbocycles. The number of nitrogens with two attached hydrogens (primary N) is 1. The van der Waals surface area contributed by atoms with Crippen LogP contribution < -0.4 is 11.1 Å². The van der Waals surface area contributed by atoms with E-state index in [0.717, 1.165) is 29.0 Å². The molecule has 0 bridgehead atoms. The summed E-state index contributed by atoms with van der Waals surface area (Å²) in [6, 6.07) is 3.87. The van der Waals surface area contributed by atoms with Crippen LogP contribution in [0.2, 0.25) is 0 Å². The van der Waals surface area contributed by atoms with Crippen molar-refractivity contribution in [3.63, 3.8) is 0 Å². The summed E-state index contributed by atoms with van der Waals surface area (Å²) >= 11 is 0. The van der Waals surface area contributed by atoms with Crippen LogP contribution in [0.1, 0.15) is 18.1 Å². The molecule has 0 atom stereocenters. The van der Waals surface area contributed by atoms with Crippen molar-refractivity contribution in [3.8, 4) is 0 Å². The molecular formula is C11H18N2O. The van der Waals surface area contributed by atoms with Gasteiger partial charge < -0.3 is 16.2 Å². The first-order valence-corrected chi connectivity index (χ1v) is 4.93. The maximum atomic E-state index is 8.96. The Balaban J connectivity index is 3.08. The second-order valence-corrected chi connectivity index (χ2v) is 3.31. The van der Waals surface area contributed by atoms with Gasteiger partial charge in [0, 0.05) is 24.5 Å². The lowest BCUT2D eigenvalue weighted by atomic mass is 10.0. The van der Waals surface area contributed by atoms with Crippen molar-refractivity contribution in [3.05, 3.63) is 23.3 Å². The van der Waals surface area contributed by atoms with Crippen LogP contribution in [-0.2, 0) is 6.42 Å². The third kappa shape index (κ3) is 2.17. The summed E-state index contributed by atoms with van der Waals surface area (Å²) in [7, 11) is 0. The fraction of sp³-hybridized carbons (Fsp3) is 0.455. The summed E-state index contributed by atoms with van der Waals surface area (Å²) in [5, 5.41) is 12.2. The normalized spacial score (nSPS) is 10.2. The lowest BCUT2D eigenvalue weighted by Crippen LogP contribution is -2.06. The first-order chi connectivity index (χ1) is 6.70. The van der Waals surface area contributed by atoms with Crippen LogP contribution in [0.4, 0.5) is 11.4 Å². The maximum Gasteiger partial charge on any atom is 0.0472 e. The summed E-state index contributed by atoms with van der Waals surface area (Å²) in [6.45, 7) is 5.07. The molecule has 0 radical (unpaired) electrons. The predicted octanol–water partition coefficient (Wildman–Crippen LogP) is 1.54. The lowest BCUT2D eigenvalue weighted by molar-refractivity contribution is 0.299. The molecule has 0 saturated heterocycles. The Morgan fingerprint density at radius 1 is 1.43 bits per heavy atom. The number of anilines is 2. The van der Waals surface area contributed by atoms with E-state index in [4.69, 9.17) is 10.8 Å². The van der Waals surface area contributed by atoms with E-state index in [9.17, 15) is 0 Å². The molecule has 0 aromatic heterocycles. The summed E-state index contributed by atoms with van der Waals surface area (Å²) < 4.78 is 0. The molecular weight excluding hydrogens is 176 g/mol. The van der Waals surface area contributed by atoms with E-state index in [0.29, 0.717) is 6.42 Å². The van der Waals surface area contributed by atoms with Gasteiger partial charge in [-0.2, -0.15) is 0 Å². The Morgan fingerprint density at radius 2 is 2.14 bits per heavy atom. The van der Waals surface area contributed by atoms with Gasteiger partial charge in [-0.1, -0.05) is 0 Å². The van der Waals surface area contributed by atoms with Gasteiger partial charge in [0.05, 0.1) is 0 Å².